The molecule has 12 heavy (non-hydrogen) atoms. The van der Waals surface area contributed by atoms with Gasteiger partial charge in [-0.25, -0.2) is 9.48 Å². The van der Waals surface area contributed by atoms with E-state index in [1.165, 1.54) is 4.68 Å². The summed E-state index contributed by atoms with van der Waals surface area (Å²) >= 11 is 0. The van der Waals surface area contributed by atoms with Gasteiger partial charge >= 0.3 is 12.1 Å². The van der Waals surface area contributed by atoms with Crippen LogP contribution in [0.25, 0.3) is 0 Å². The third kappa shape index (κ3) is 1.70. The van der Waals surface area contributed by atoms with Crippen LogP contribution >= 0.6 is 0 Å². The van der Waals surface area contributed by atoms with Crippen LogP contribution in [0.4, 0.5) is 4.79 Å². The molecule has 0 unspecified atom stereocenters. The molecule has 0 saturated heterocycles. The average Bonchev–Trinajstić information content (AvgIpc) is 2.29. The van der Waals surface area contributed by atoms with Crippen molar-refractivity contribution in [1.82, 2.24) is 14.8 Å². The maximum atomic E-state index is 10.3. The number of hydrogen-bond acceptors (Lipinski definition) is 5. The summed E-state index contributed by atoms with van der Waals surface area (Å²) in [6.45, 7) is 0.228. The first-order chi connectivity index (χ1) is 5.63. The standard InChI is InChI=1S/C5H9N5O2/c1-10-3(2-6)8-5(9-10)12-4(7)11/h2,6H2,1H3,(H2,7,11). The second kappa shape index (κ2) is 3.18. The minimum atomic E-state index is -0.941. The topological polar surface area (TPSA) is 109 Å². The molecule has 0 bridgehead atoms. The number of nitrogens with two attached hydrogens (primary N) is 2. The van der Waals surface area contributed by atoms with Gasteiger partial charge in [-0.05, 0) is 0 Å². The van der Waals surface area contributed by atoms with Crippen molar-refractivity contribution in [2.75, 3.05) is 0 Å². The Morgan fingerprint density at radius 3 is 2.83 bits per heavy atom. The Morgan fingerprint density at radius 1 is 1.75 bits per heavy atom. The third-order valence-electron chi connectivity index (χ3n) is 1.21. The van der Waals surface area contributed by atoms with E-state index in [-0.39, 0.29) is 12.6 Å². The lowest BCUT2D eigenvalue weighted by Crippen LogP contribution is -2.17. The van der Waals surface area contributed by atoms with Crippen molar-refractivity contribution < 1.29 is 9.53 Å². The summed E-state index contributed by atoms with van der Waals surface area (Å²) in [5.74, 6) is 0.520. The van der Waals surface area contributed by atoms with Crippen molar-refractivity contribution in [1.29, 1.82) is 0 Å². The van der Waals surface area contributed by atoms with Crippen LogP contribution in [0, 0.1) is 0 Å². The minimum Gasteiger partial charge on any atom is -0.373 e. The molecule has 1 aromatic heterocycles. The number of hydrogen-bond donors (Lipinski definition) is 2. The number of carbonyl (C=O) groups excluding carboxylic acids is 1. The highest BCUT2D eigenvalue weighted by molar-refractivity contribution is 5.66. The third-order valence-corrected chi connectivity index (χ3v) is 1.21. The normalized spacial score (nSPS) is 9.83. The molecule has 1 aromatic rings. The second-order valence-electron chi connectivity index (χ2n) is 2.06. The Kier molecular flexibility index (Phi) is 2.24. The molecule has 0 atom stereocenters. The van der Waals surface area contributed by atoms with Crippen LogP contribution in [0.15, 0.2) is 0 Å². The van der Waals surface area contributed by atoms with E-state index in [9.17, 15) is 4.79 Å². The largest absolute Gasteiger partial charge is 0.412 e. The van der Waals surface area contributed by atoms with Crippen LogP contribution in [0.1, 0.15) is 5.82 Å². The molecule has 1 amide bonds. The molecule has 0 aliphatic rings. The zero-order chi connectivity index (χ0) is 9.14. The second-order valence-corrected chi connectivity index (χ2v) is 2.06. The van der Waals surface area contributed by atoms with Crippen LogP contribution in [0.2, 0.25) is 0 Å². The van der Waals surface area contributed by atoms with Crippen molar-refractivity contribution in [3.05, 3.63) is 5.82 Å². The van der Waals surface area contributed by atoms with Gasteiger partial charge in [-0.3, -0.25) is 0 Å². The summed E-state index contributed by atoms with van der Waals surface area (Å²) in [5.41, 5.74) is 10.0. The highest BCUT2D eigenvalue weighted by atomic mass is 16.6. The number of rotatable bonds is 2. The van der Waals surface area contributed by atoms with Gasteiger partial charge in [-0.15, -0.1) is 5.10 Å². The number of ether oxygens (including phenoxy) is 1. The Morgan fingerprint density at radius 2 is 2.42 bits per heavy atom. The zero-order valence-electron chi connectivity index (χ0n) is 6.52. The van der Waals surface area contributed by atoms with Crippen molar-refractivity contribution in [2.45, 2.75) is 6.54 Å². The first-order valence-electron chi connectivity index (χ1n) is 3.20. The molecule has 7 heteroatoms. The number of aromatic nitrogens is 3. The number of aryl methyl sites for hydroxylation is 1. The number of amides is 1. The van der Waals surface area contributed by atoms with E-state index in [2.05, 4.69) is 14.8 Å². The van der Waals surface area contributed by atoms with Gasteiger partial charge in [0.05, 0.1) is 6.54 Å². The van der Waals surface area contributed by atoms with Crippen LogP contribution in [0.3, 0.4) is 0 Å². The molecule has 66 valence electrons. The summed E-state index contributed by atoms with van der Waals surface area (Å²) in [4.78, 5) is 14.0. The monoisotopic (exact) mass is 171 g/mol. The van der Waals surface area contributed by atoms with Crippen molar-refractivity contribution in [3.63, 3.8) is 0 Å². The van der Waals surface area contributed by atoms with Crippen LogP contribution in [-0.4, -0.2) is 20.9 Å². The van der Waals surface area contributed by atoms with Crippen molar-refractivity contribution >= 4 is 6.09 Å². The SMILES string of the molecule is Cn1nc(OC(N)=O)nc1CN. The van der Waals surface area contributed by atoms with Gasteiger partial charge in [0.25, 0.3) is 0 Å². The fraction of sp³-hybridized carbons (Fsp3) is 0.400. The van der Waals surface area contributed by atoms with E-state index in [0.29, 0.717) is 5.82 Å². The summed E-state index contributed by atoms with van der Waals surface area (Å²) in [6, 6.07) is -0.0783. The first-order valence-corrected chi connectivity index (χ1v) is 3.20. The molecule has 0 aliphatic heterocycles. The lowest BCUT2D eigenvalue weighted by Gasteiger charge is -1.90. The van der Waals surface area contributed by atoms with Gasteiger partial charge in [-0.1, -0.05) is 0 Å². The van der Waals surface area contributed by atoms with Crippen molar-refractivity contribution in [2.24, 2.45) is 18.5 Å². The Labute approximate surface area is 68.3 Å². The van der Waals surface area contributed by atoms with E-state index in [1.807, 2.05) is 0 Å². The number of carbonyl (C=O) groups is 1. The summed E-state index contributed by atoms with van der Waals surface area (Å²) < 4.78 is 5.83. The molecule has 0 spiro atoms. The lowest BCUT2D eigenvalue weighted by atomic mass is 10.6. The summed E-state index contributed by atoms with van der Waals surface area (Å²) in [7, 11) is 1.64. The quantitative estimate of drug-likeness (QED) is 0.576. The molecule has 0 radical (unpaired) electrons. The molecular formula is C5H9N5O2. The smallest absolute Gasteiger partial charge is 0.373 e. The first kappa shape index (κ1) is 8.47. The summed E-state index contributed by atoms with van der Waals surface area (Å²) in [5, 5.41) is 3.72. The minimum absolute atomic E-state index is 0.0783. The zero-order valence-corrected chi connectivity index (χ0v) is 6.52. The Hall–Kier alpha value is -1.63. The molecule has 1 heterocycles. The van der Waals surface area contributed by atoms with Crippen LogP contribution in [-0.2, 0) is 13.6 Å². The number of primary amides is 1. The highest BCUT2D eigenvalue weighted by Crippen LogP contribution is 2.02. The molecule has 0 saturated carbocycles. The van der Waals surface area contributed by atoms with Gasteiger partial charge in [0.1, 0.15) is 5.82 Å². The van der Waals surface area contributed by atoms with E-state index >= 15 is 0 Å². The van der Waals surface area contributed by atoms with E-state index in [4.69, 9.17) is 11.5 Å². The van der Waals surface area contributed by atoms with Crippen LogP contribution in [0.5, 0.6) is 6.01 Å². The van der Waals surface area contributed by atoms with E-state index < -0.39 is 6.09 Å². The van der Waals surface area contributed by atoms with Gasteiger partial charge < -0.3 is 16.2 Å². The maximum absolute atomic E-state index is 10.3. The summed E-state index contributed by atoms with van der Waals surface area (Å²) in [6.07, 6.45) is -0.941. The van der Waals surface area contributed by atoms with Crippen LogP contribution < -0.4 is 16.2 Å². The van der Waals surface area contributed by atoms with Crippen molar-refractivity contribution in [3.8, 4) is 6.01 Å². The fourth-order valence-corrected chi connectivity index (χ4v) is 0.702. The molecule has 7 nitrogen and oxygen atoms in total. The van der Waals surface area contributed by atoms with E-state index in [0.717, 1.165) is 0 Å². The Bertz CT molecular complexity index is 294. The predicted octanol–water partition coefficient (Wildman–Crippen LogP) is -1.27. The van der Waals surface area contributed by atoms with Gasteiger partial charge in [0, 0.05) is 7.05 Å². The predicted molar refractivity (Wildman–Crippen MR) is 39.1 cm³/mol. The molecule has 4 N–H and O–H groups in total. The van der Waals surface area contributed by atoms with Gasteiger partial charge in [0.2, 0.25) is 0 Å². The Balaban J connectivity index is 2.82. The molecular weight excluding hydrogens is 162 g/mol. The fourth-order valence-electron chi connectivity index (χ4n) is 0.702. The number of nitrogens with zero attached hydrogens (tertiary/aromatic N) is 3. The van der Waals surface area contributed by atoms with E-state index in [1.54, 1.807) is 7.05 Å². The maximum Gasteiger partial charge on any atom is 0.412 e. The molecule has 0 aliphatic carbocycles. The molecule has 0 aromatic carbocycles. The highest BCUT2D eigenvalue weighted by Gasteiger charge is 2.08. The van der Waals surface area contributed by atoms with Gasteiger partial charge in [0.15, 0.2) is 0 Å². The molecule has 1 rings (SSSR count). The molecule has 0 fully saturated rings. The lowest BCUT2D eigenvalue weighted by molar-refractivity contribution is 0.207. The average molecular weight is 171 g/mol. The van der Waals surface area contributed by atoms with Gasteiger partial charge in [-0.2, -0.15) is 4.98 Å².